The summed E-state index contributed by atoms with van der Waals surface area (Å²) in [6.45, 7) is 4.53. The van der Waals surface area contributed by atoms with Gasteiger partial charge in [0.15, 0.2) is 0 Å². The van der Waals surface area contributed by atoms with E-state index >= 15 is 0 Å². The largest absolute Gasteiger partial charge is 0.490 e. The highest BCUT2D eigenvalue weighted by molar-refractivity contribution is 8.00. The van der Waals surface area contributed by atoms with Gasteiger partial charge in [-0.15, -0.1) is 11.8 Å². The molecule has 2 unspecified atom stereocenters. The fourth-order valence-electron chi connectivity index (χ4n) is 3.11. The third-order valence-corrected chi connectivity index (χ3v) is 6.16. The molecule has 1 saturated heterocycles. The van der Waals surface area contributed by atoms with Gasteiger partial charge >= 0.3 is 12.1 Å². The van der Waals surface area contributed by atoms with Crippen LogP contribution in [0.2, 0.25) is 10.0 Å². The van der Waals surface area contributed by atoms with Gasteiger partial charge in [0, 0.05) is 35.4 Å². The van der Waals surface area contributed by atoms with Crippen LogP contribution in [0.15, 0.2) is 12.1 Å². The average molecular weight is 459 g/mol. The lowest BCUT2D eigenvalue weighted by Crippen LogP contribution is -2.48. The van der Waals surface area contributed by atoms with Gasteiger partial charge in [-0.3, -0.25) is 4.79 Å². The molecule has 2 aliphatic rings. The highest BCUT2D eigenvalue weighted by Crippen LogP contribution is 2.37. The molecular weight excluding hydrogens is 440 g/mol. The lowest BCUT2D eigenvalue weighted by molar-refractivity contribution is -0.192. The van der Waals surface area contributed by atoms with E-state index in [4.69, 9.17) is 33.1 Å². The maximum atomic E-state index is 12.7. The Balaban J connectivity index is 0.000000345. The van der Waals surface area contributed by atoms with Crippen molar-refractivity contribution in [3.63, 3.8) is 0 Å². The Bertz CT molecular complexity index is 743. The summed E-state index contributed by atoms with van der Waals surface area (Å²) < 4.78 is 31.7. The molecule has 28 heavy (non-hydrogen) atoms. The number of thioether (sulfide) groups is 1. The summed E-state index contributed by atoms with van der Waals surface area (Å²) in [5.74, 6) is -1.55. The number of carboxylic acid groups (broad SMARTS) is 1. The van der Waals surface area contributed by atoms with Crippen LogP contribution in [0.4, 0.5) is 13.2 Å². The minimum absolute atomic E-state index is 0.00791. The van der Waals surface area contributed by atoms with Crippen LogP contribution in [-0.2, 0) is 16.0 Å². The second-order valence-corrected chi connectivity index (χ2v) is 8.44. The first-order valence-electron chi connectivity index (χ1n) is 8.43. The molecule has 0 aromatic heterocycles. The Morgan fingerprint density at radius 2 is 1.96 bits per heavy atom. The minimum Gasteiger partial charge on any atom is -0.475 e. The van der Waals surface area contributed by atoms with Crippen LogP contribution in [0.3, 0.4) is 0 Å². The van der Waals surface area contributed by atoms with Gasteiger partial charge < -0.3 is 15.3 Å². The van der Waals surface area contributed by atoms with Crippen LogP contribution >= 0.6 is 35.0 Å². The van der Waals surface area contributed by atoms with Crippen LogP contribution in [0.25, 0.3) is 0 Å². The number of nitrogens with zero attached hydrogens (tertiary/aromatic N) is 1. The van der Waals surface area contributed by atoms with Crippen molar-refractivity contribution in [1.29, 1.82) is 0 Å². The van der Waals surface area contributed by atoms with Crippen molar-refractivity contribution in [2.45, 2.75) is 30.8 Å². The van der Waals surface area contributed by atoms with Crippen molar-refractivity contribution in [2.24, 2.45) is 0 Å². The van der Waals surface area contributed by atoms with Crippen molar-refractivity contribution < 1.29 is 27.9 Å². The topological polar surface area (TPSA) is 69.6 Å². The van der Waals surface area contributed by atoms with E-state index in [0.717, 1.165) is 37.4 Å². The van der Waals surface area contributed by atoms with E-state index < -0.39 is 12.1 Å². The molecule has 1 aromatic carbocycles. The molecular formula is C17H19Cl2F3N2O3S. The quantitative estimate of drug-likeness (QED) is 0.669. The zero-order chi connectivity index (χ0) is 21.1. The van der Waals surface area contributed by atoms with Gasteiger partial charge in [-0.25, -0.2) is 4.79 Å². The molecule has 1 amide bonds. The van der Waals surface area contributed by atoms with Crippen LogP contribution < -0.4 is 5.32 Å². The number of hydrogen-bond acceptors (Lipinski definition) is 4. The molecule has 2 atom stereocenters. The third kappa shape index (κ3) is 5.68. The van der Waals surface area contributed by atoms with Gasteiger partial charge in [-0.2, -0.15) is 13.2 Å². The van der Waals surface area contributed by atoms with Crippen molar-refractivity contribution in [1.82, 2.24) is 10.2 Å². The Labute approximate surface area is 174 Å². The van der Waals surface area contributed by atoms with E-state index in [2.05, 4.69) is 12.2 Å². The Morgan fingerprint density at radius 3 is 2.50 bits per heavy atom. The van der Waals surface area contributed by atoms with Crippen molar-refractivity contribution in [3.8, 4) is 0 Å². The van der Waals surface area contributed by atoms with E-state index in [-0.39, 0.29) is 17.2 Å². The molecule has 1 fully saturated rings. The standard InChI is InChI=1S/C15H18Cl2N2OS.C2HF3O2/c1-9-14-10(6-11(16)7-12(14)17)2-4-19(9)15(20)13-8-18-3-5-21-13;3-2(4,5)1(6)7/h6-7,9,13,18H,2-5,8H2,1H3;(H,6,7). The number of carboxylic acids is 1. The lowest BCUT2D eigenvalue weighted by atomic mass is 9.93. The number of benzene rings is 1. The Morgan fingerprint density at radius 1 is 1.32 bits per heavy atom. The highest BCUT2D eigenvalue weighted by atomic mass is 35.5. The van der Waals surface area contributed by atoms with Crippen molar-refractivity contribution in [3.05, 3.63) is 33.3 Å². The van der Waals surface area contributed by atoms with Gasteiger partial charge in [-0.05, 0) is 36.6 Å². The van der Waals surface area contributed by atoms with Crippen LogP contribution in [0.1, 0.15) is 24.1 Å². The molecule has 2 aliphatic heterocycles. The molecule has 2 N–H and O–H groups in total. The second-order valence-electron chi connectivity index (χ2n) is 6.28. The molecule has 11 heteroatoms. The number of nitrogens with one attached hydrogen (secondary N) is 1. The minimum atomic E-state index is -5.08. The maximum Gasteiger partial charge on any atom is 0.490 e. The summed E-state index contributed by atoms with van der Waals surface area (Å²) in [7, 11) is 0. The Kier molecular flexibility index (Phi) is 7.89. The van der Waals surface area contributed by atoms with E-state index in [1.165, 1.54) is 5.56 Å². The Hall–Kier alpha value is -1.16. The predicted octanol–water partition coefficient (Wildman–Crippen LogP) is 3.78. The summed E-state index contributed by atoms with van der Waals surface area (Å²) in [4.78, 5) is 23.6. The molecule has 156 valence electrons. The van der Waals surface area contributed by atoms with Gasteiger partial charge in [0.25, 0.3) is 0 Å². The van der Waals surface area contributed by atoms with Gasteiger partial charge in [0.1, 0.15) is 0 Å². The zero-order valence-electron chi connectivity index (χ0n) is 14.9. The summed E-state index contributed by atoms with van der Waals surface area (Å²) in [6.07, 6.45) is -4.27. The maximum absolute atomic E-state index is 12.7. The number of alkyl halides is 3. The smallest absolute Gasteiger partial charge is 0.475 e. The van der Waals surface area contributed by atoms with E-state index in [1.54, 1.807) is 17.8 Å². The summed E-state index contributed by atoms with van der Waals surface area (Å²) in [5, 5.41) is 11.8. The fourth-order valence-corrected chi connectivity index (χ4v) is 4.87. The normalized spacial score (nSPS) is 22.0. The van der Waals surface area contributed by atoms with Crippen molar-refractivity contribution >= 4 is 46.8 Å². The van der Waals surface area contributed by atoms with Crippen LogP contribution in [0.5, 0.6) is 0 Å². The number of hydrogen-bond donors (Lipinski definition) is 2. The number of amides is 1. The van der Waals surface area contributed by atoms with Crippen LogP contribution in [0, 0.1) is 0 Å². The molecule has 0 bridgehead atoms. The first kappa shape index (κ1) is 23.1. The molecule has 0 spiro atoms. The van der Waals surface area contributed by atoms with Gasteiger partial charge in [0.2, 0.25) is 5.91 Å². The molecule has 5 nitrogen and oxygen atoms in total. The molecule has 3 rings (SSSR count). The number of fused-ring (bicyclic) bond motifs is 1. The van der Waals surface area contributed by atoms with E-state index in [9.17, 15) is 18.0 Å². The molecule has 1 aromatic rings. The fraction of sp³-hybridized carbons (Fsp3) is 0.529. The summed E-state index contributed by atoms with van der Waals surface area (Å²) in [6, 6.07) is 3.75. The number of aliphatic carboxylic acids is 1. The predicted molar refractivity (Wildman–Crippen MR) is 103 cm³/mol. The molecule has 0 aliphatic carbocycles. The van der Waals surface area contributed by atoms with Crippen LogP contribution in [-0.4, -0.2) is 58.7 Å². The van der Waals surface area contributed by atoms with Crippen molar-refractivity contribution in [2.75, 3.05) is 25.4 Å². The number of carbonyl (C=O) groups is 2. The first-order valence-corrected chi connectivity index (χ1v) is 10.2. The van der Waals surface area contributed by atoms with E-state index in [1.807, 2.05) is 11.0 Å². The molecule has 0 radical (unpaired) electrons. The van der Waals surface area contributed by atoms with Gasteiger partial charge in [0.05, 0.1) is 11.3 Å². The highest BCUT2D eigenvalue weighted by Gasteiger charge is 2.38. The zero-order valence-corrected chi connectivity index (χ0v) is 17.2. The second kappa shape index (κ2) is 9.56. The van der Waals surface area contributed by atoms with Gasteiger partial charge in [-0.1, -0.05) is 23.2 Å². The summed E-state index contributed by atoms with van der Waals surface area (Å²) in [5.41, 5.74) is 2.22. The monoisotopic (exact) mass is 458 g/mol. The SMILES string of the molecule is CC1c2c(Cl)cc(Cl)cc2CCN1C(=O)C1CNCCS1.O=C(O)C(F)(F)F. The third-order valence-electron chi connectivity index (χ3n) is 4.42. The number of halogens is 5. The number of rotatable bonds is 1. The lowest BCUT2D eigenvalue weighted by Gasteiger charge is -2.38. The first-order chi connectivity index (χ1) is 13.0. The molecule has 0 saturated carbocycles. The number of carbonyl (C=O) groups excluding carboxylic acids is 1. The average Bonchev–Trinajstić information content (AvgIpc) is 2.61. The molecule has 2 heterocycles. The summed E-state index contributed by atoms with van der Waals surface area (Å²) >= 11 is 14.2. The van der Waals surface area contributed by atoms with E-state index in [0.29, 0.717) is 10.0 Å².